The number of amides is 1. The lowest BCUT2D eigenvalue weighted by molar-refractivity contribution is -0.115. The van der Waals surface area contributed by atoms with E-state index in [2.05, 4.69) is 22.6 Å². The Balaban J connectivity index is 1.68. The van der Waals surface area contributed by atoms with Gasteiger partial charge in [0.1, 0.15) is 0 Å². The minimum Gasteiger partial charge on any atom is -0.397 e. The average Bonchev–Trinajstić information content (AvgIpc) is 2.91. The van der Waals surface area contributed by atoms with Crippen molar-refractivity contribution in [3.05, 3.63) is 17.7 Å². The first-order valence-corrected chi connectivity index (χ1v) is 6.76. The number of nitrogens with zero attached hydrogens (tertiary/aromatic N) is 1. The number of nitrogens with two attached hydrogens (primary N) is 1. The molecule has 0 aromatic heterocycles. The van der Waals surface area contributed by atoms with Crippen LogP contribution in [0.4, 0.5) is 17.1 Å². The van der Waals surface area contributed by atoms with Crippen LogP contribution >= 0.6 is 0 Å². The molecule has 1 saturated heterocycles. The minimum atomic E-state index is 0.0453. The van der Waals surface area contributed by atoms with Crippen LogP contribution in [0.15, 0.2) is 12.1 Å². The summed E-state index contributed by atoms with van der Waals surface area (Å²) in [5.74, 6) is 0.719. The number of carbonyl (C=O) groups excluding carboxylic acids is 1. The van der Waals surface area contributed by atoms with Gasteiger partial charge in [-0.25, -0.2) is 0 Å². The summed E-state index contributed by atoms with van der Waals surface area (Å²) in [6.45, 7) is 3.23. The zero-order valence-electron chi connectivity index (χ0n) is 11.2. The molecule has 1 aromatic rings. The third kappa shape index (κ3) is 2.51. The van der Waals surface area contributed by atoms with Crippen LogP contribution in [0, 0.1) is 5.92 Å². The Kier molecular flexibility index (Phi) is 3.06. The van der Waals surface area contributed by atoms with Crippen molar-refractivity contribution in [1.82, 2.24) is 4.90 Å². The number of fused-ring (bicyclic) bond motifs is 1. The van der Waals surface area contributed by atoms with Crippen molar-refractivity contribution in [2.24, 2.45) is 5.92 Å². The molecule has 1 amide bonds. The lowest BCUT2D eigenvalue weighted by Crippen LogP contribution is -2.19. The van der Waals surface area contributed by atoms with E-state index in [1.807, 2.05) is 12.1 Å². The quantitative estimate of drug-likeness (QED) is 0.712. The van der Waals surface area contributed by atoms with Crippen LogP contribution < -0.4 is 16.4 Å². The van der Waals surface area contributed by atoms with E-state index < -0.39 is 0 Å². The maximum atomic E-state index is 11.3. The molecule has 2 aliphatic heterocycles. The predicted octanol–water partition coefficient (Wildman–Crippen LogP) is 1.13. The van der Waals surface area contributed by atoms with Gasteiger partial charge in [0.05, 0.1) is 17.8 Å². The number of likely N-dealkylation sites (tertiary alicyclic amines) is 1. The third-order valence-electron chi connectivity index (χ3n) is 3.97. The van der Waals surface area contributed by atoms with Gasteiger partial charge in [-0.15, -0.1) is 0 Å². The molecule has 0 aliphatic carbocycles. The Morgan fingerprint density at radius 2 is 2.37 bits per heavy atom. The Bertz CT molecular complexity index is 514. The molecular formula is C14H20N4O. The molecule has 0 bridgehead atoms. The Morgan fingerprint density at radius 1 is 1.53 bits per heavy atom. The van der Waals surface area contributed by atoms with Crippen LogP contribution in [0.2, 0.25) is 0 Å². The highest BCUT2D eigenvalue weighted by Crippen LogP contribution is 2.31. The Hall–Kier alpha value is -1.75. The first-order valence-electron chi connectivity index (χ1n) is 6.76. The molecule has 1 aromatic carbocycles. The predicted molar refractivity (Wildman–Crippen MR) is 77.3 cm³/mol. The van der Waals surface area contributed by atoms with E-state index in [4.69, 9.17) is 5.73 Å². The van der Waals surface area contributed by atoms with Crippen molar-refractivity contribution in [2.45, 2.75) is 12.8 Å². The van der Waals surface area contributed by atoms with Crippen LogP contribution in [0.25, 0.3) is 0 Å². The van der Waals surface area contributed by atoms with Gasteiger partial charge in [0.25, 0.3) is 0 Å². The van der Waals surface area contributed by atoms with Gasteiger partial charge in [-0.2, -0.15) is 0 Å². The second kappa shape index (κ2) is 4.74. The fraction of sp³-hybridized carbons (Fsp3) is 0.500. The standard InChI is InChI=1S/C14H20N4O/c1-18-3-2-9(8-18)7-16-13-6-12-10(4-11(13)15)5-14(19)17-12/h4,6,9,16H,2-3,5,7-8,15H2,1H3,(H,17,19). The first kappa shape index (κ1) is 12.3. The molecule has 3 rings (SSSR count). The molecule has 1 fully saturated rings. The molecule has 0 spiro atoms. The second-order valence-corrected chi connectivity index (χ2v) is 5.62. The van der Waals surface area contributed by atoms with Crippen LogP contribution in [0.3, 0.4) is 0 Å². The highest BCUT2D eigenvalue weighted by Gasteiger charge is 2.21. The van der Waals surface area contributed by atoms with Crippen molar-refractivity contribution in [2.75, 3.05) is 43.0 Å². The van der Waals surface area contributed by atoms with Gasteiger partial charge in [-0.3, -0.25) is 4.79 Å². The molecule has 102 valence electrons. The summed E-state index contributed by atoms with van der Waals surface area (Å²) < 4.78 is 0. The summed E-state index contributed by atoms with van der Waals surface area (Å²) in [7, 11) is 2.15. The molecule has 2 heterocycles. The lowest BCUT2D eigenvalue weighted by atomic mass is 10.1. The zero-order chi connectivity index (χ0) is 13.4. The summed E-state index contributed by atoms with van der Waals surface area (Å²) in [6.07, 6.45) is 1.66. The number of carbonyl (C=O) groups is 1. The number of benzene rings is 1. The molecule has 1 atom stereocenters. The molecule has 1 unspecified atom stereocenters. The van der Waals surface area contributed by atoms with Gasteiger partial charge in [-0.1, -0.05) is 0 Å². The molecule has 5 nitrogen and oxygen atoms in total. The van der Waals surface area contributed by atoms with Gasteiger partial charge in [-0.05, 0) is 43.6 Å². The van der Waals surface area contributed by atoms with Gasteiger partial charge < -0.3 is 21.3 Å². The van der Waals surface area contributed by atoms with E-state index in [0.29, 0.717) is 12.3 Å². The van der Waals surface area contributed by atoms with E-state index in [1.165, 1.54) is 13.0 Å². The molecule has 2 aliphatic rings. The maximum Gasteiger partial charge on any atom is 0.228 e. The normalized spacial score (nSPS) is 22.4. The van der Waals surface area contributed by atoms with Crippen molar-refractivity contribution in [3.63, 3.8) is 0 Å². The van der Waals surface area contributed by atoms with Gasteiger partial charge in [0.15, 0.2) is 0 Å². The number of rotatable bonds is 3. The summed E-state index contributed by atoms with van der Waals surface area (Å²) in [5.41, 5.74) is 9.58. The Labute approximate surface area is 113 Å². The van der Waals surface area contributed by atoms with E-state index in [1.54, 1.807) is 0 Å². The SMILES string of the molecule is CN1CCC(CNc2cc3c(cc2N)CC(=O)N3)C1. The van der Waals surface area contributed by atoms with Crippen LogP contribution in [0.5, 0.6) is 0 Å². The average molecular weight is 260 g/mol. The highest BCUT2D eigenvalue weighted by atomic mass is 16.1. The summed E-state index contributed by atoms with van der Waals surface area (Å²) in [5, 5.41) is 6.27. The van der Waals surface area contributed by atoms with Crippen LogP contribution in [0.1, 0.15) is 12.0 Å². The Morgan fingerprint density at radius 3 is 3.11 bits per heavy atom. The molecule has 0 saturated carbocycles. The summed E-state index contributed by atoms with van der Waals surface area (Å²) >= 11 is 0. The fourth-order valence-corrected chi connectivity index (χ4v) is 2.89. The van der Waals surface area contributed by atoms with Gasteiger partial charge >= 0.3 is 0 Å². The largest absolute Gasteiger partial charge is 0.397 e. The first-order chi connectivity index (χ1) is 9.11. The lowest BCUT2D eigenvalue weighted by Gasteiger charge is -2.15. The molecule has 4 N–H and O–H groups in total. The minimum absolute atomic E-state index is 0.0453. The van der Waals surface area contributed by atoms with Crippen LogP contribution in [-0.2, 0) is 11.2 Å². The number of hydrogen-bond acceptors (Lipinski definition) is 4. The number of nitrogen functional groups attached to an aromatic ring is 1. The van der Waals surface area contributed by atoms with Crippen molar-refractivity contribution in [1.29, 1.82) is 0 Å². The highest BCUT2D eigenvalue weighted by molar-refractivity contribution is 6.00. The molecule has 0 radical (unpaired) electrons. The third-order valence-corrected chi connectivity index (χ3v) is 3.97. The van der Waals surface area contributed by atoms with Crippen molar-refractivity contribution < 1.29 is 4.79 Å². The van der Waals surface area contributed by atoms with Crippen molar-refractivity contribution >= 4 is 23.0 Å². The second-order valence-electron chi connectivity index (χ2n) is 5.62. The van der Waals surface area contributed by atoms with E-state index in [0.717, 1.165) is 35.7 Å². The number of anilines is 3. The van der Waals surface area contributed by atoms with Crippen molar-refractivity contribution in [3.8, 4) is 0 Å². The monoisotopic (exact) mass is 260 g/mol. The summed E-state index contributed by atoms with van der Waals surface area (Å²) in [4.78, 5) is 13.7. The summed E-state index contributed by atoms with van der Waals surface area (Å²) in [6, 6.07) is 3.85. The number of nitrogens with one attached hydrogen (secondary N) is 2. The molecule has 19 heavy (non-hydrogen) atoms. The van der Waals surface area contributed by atoms with E-state index in [-0.39, 0.29) is 5.91 Å². The topological polar surface area (TPSA) is 70.4 Å². The molecular weight excluding hydrogens is 240 g/mol. The van der Waals surface area contributed by atoms with E-state index >= 15 is 0 Å². The maximum absolute atomic E-state index is 11.3. The van der Waals surface area contributed by atoms with E-state index in [9.17, 15) is 4.79 Å². The number of hydrogen-bond donors (Lipinski definition) is 3. The smallest absolute Gasteiger partial charge is 0.228 e. The zero-order valence-corrected chi connectivity index (χ0v) is 11.2. The molecule has 5 heteroatoms. The van der Waals surface area contributed by atoms with Gasteiger partial charge in [0.2, 0.25) is 5.91 Å². The van der Waals surface area contributed by atoms with Crippen LogP contribution in [-0.4, -0.2) is 37.5 Å². The van der Waals surface area contributed by atoms with Gasteiger partial charge in [0, 0.05) is 18.8 Å². The fourth-order valence-electron chi connectivity index (χ4n) is 2.89.